The van der Waals surface area contributed by atoms with E-state index in [1.165, 1.54) is 43.4 Å². The highest BCUT2D eigenvalue weighted by Gasteiger charge is 2.22. The largest absolute Gasteiger partial charge is 0.384 e. The van der Waals surface area contributed by atoms with Crippen molar-refractivity contribution in [2.24, 2.45) is 5.92 Å². The van der Waals surface area contributed by atoms with Gasteiger partial charge in [0.15, 0.2) is 0 Å². The van der Waals surface area contributed by atoms with Crippen LogP contribution in [0.2, 0.25) is 0 Å². The van der Waals surface area contributed by atoms with Crippen molar-refractivity contribution in [2.45, 2.75) is 51.5 Å². The lowest BCUT2D eigenvalue weighted by Crippen LogP contribution is -2.38. The van der Waals surface area contributed by atoms with Gasteiger partial charge in [-0.15, -0.1) is 0 Å². The fourth-order valence-corrected chi connectivity index (χ4v) is 3.49. The van der Waals surface area contributed by atoms with Gasteiger partial charge in [-0.1, -0.05) is 19.3 Å². The average Bonchev–Trinajstić information content (AvgIpc) is 2.95. The molecule has 0 aromatic heterocycles. The van der Waals surface area contributed by atoms with E-state index in [1.54, 1.807) is 0 Å². The second-order valence-corrected chi connectivity index (χ2v) is 6.21. The number of nitrogens with one attached hydrogen (secondary N) is 2. The SMILES string of the molecule is C[C@@H](NC(=O)c1ccc2c(c1)CCN2)C1CCCCC1. The van der Waals surface area contributed by atoms with E-state index in [9.17, 15) is 4.79 Å². The predicted octanol–water partition coefficient (Wildman–Crippen LogP) is 3.35. The van der Waals surface area contributed by atoms with Crippen molar-refractivity contribution >= 4 is 11.6 Å². The molecule has 0 bridgehead atoms. The van der Waals surface area contributed by atoms with Gasteiger partial charge in [-0.2, -0.15) is 0 Å². The molecule has 1 amide bonds. The Morgan fingerprint density at radius 3 is 2.90 bits per heavy atom. The molecular weight excluding hydrogens is 248 g/mol. The monoisotopic (exact) mass is 272 g/mol. The van der Waals surface area contributed by atoms with E-state index < -0.39 is 0 Å². The number of hydrogen-bond donors (Lipinski definition) is 2. The standard InChI is InChI=1S/C17H24N2O/c1-12(13-5-3-2-4-6-13)19-17(20)15-7-8-16-14(11-15)9-10-18-16/h7-8,11-13,18H,2-6,9-10H2,1H3,(H,19,20)/t12-/m1/s1. The molecule has 1 fully saturated rings. The van der Waals surface area contributed by atoms with E-state index in [-0.39, 0.29) is 11.9 Å². The molecular formula is C17H24N2O. The summed E-state index contributed by atoms with van der Waals surface area (Å²) in [5.41, 5.74) is 3.25. The van der Waals surface area contributed by atoms with Gasteiger partial charge in [0.25, 0.3) is 5.91 Å². The Morgan fingerprint density at radius 2 is 2.10 bits per heavy atom. The summed E-state index contributed by atoms with van der Waals surface area (Å²) < 4.78 is 0. The Balaban J connectivity index is 1.63. The van der Waals surface area contributed by atoms with Gasteiger partial charge in [0, 0.05) is 23.8 Å². The number of benzene rings is 1. The Morgan fingerprint density at radius 1 is 1.30 bits per heavy atom. The van der Waals surface area contributed by atoms with Crippen molar-refractivity contribution in [3.63, 3.8) is 0 Å². The van der Waals surface area contributed by atoms with E-state index in [0.29, 0.717) is 5.92 Å². The van der Waals surface area contributed by atoms with E-state index in [2.05, 4.69) is 17.6 Å². The molecule has 1 heterocycles. The molecule has 3 rings (SSSR count). The van der Waals surface area contributed by atoms with Crippen molar-refractivity contribution in [2.75, 3.05) is 11.9 Å². The van der Waals surface area contributed by atoms with Crippen molar-refractivity contribution in [1.29, 1.82) is 0 Å². The van der Waals surface area contributed by atoms with Gasteiger partial charge in [0.05, 0.1) is 0 Å². The van der Waals surface area contributed by atoms with Crippen molar-refractivity contribution in [3.8, 4) is 0 Å². The summed E-state index contributed by atoms with van der Waals surface area (Å²) in [5.74, 6) is 0.738. The van der Waals surface area contributed by atoms with Gasteiger partial charge >= 0.3 is 0 Å². The lowest BCUT2D eigenvalue weighted by atomic mass is 9.84. The predicted molar refractivity (Wildman–Crippen MR) is 82.1 cm³/mol. The zero-order chi connectivity index (χ0) is 13.9. The molecule has 2 N–H and O–H groups in total. The minimum Gasteiger partial charge on any atom is -0.384 e. The Labute approximate surface area is 121 Å². The van der Waals surface area contributed by atoms with Gasteiger partial charge < -0.3 is 10.6 Å². The smallest absolute Gasteiger partial charge is 0.251 e. The number of carbonyl (C=O) groups excluding carboxylic acids is 1. The molecule has 1 saturated carbocycles. The Bertz CT molecular complexity index is 492. The normalized spacial score (nSPS) is 20.1. The van der Waals surface area contributed by atoms with Crippen molar-refractivity contribution < 1.29 is 4.79 Å². The van der Waals surface area contributed by atoms with Gasteiger partial charge in [-0.25, -0.2) is 0 Å². The molecule has 3 heteroatoms. The van der Waals surface area contributed by atoms with E-state index >= 15 is 0 Å². The fraction of sp³-hybridized carbons (Fsp3) is 0.588. The summed E-state index contributed by atoms with van der Waals surface area (Å²) in [5, 5.41) is 6.52. The molecule has 1 aliphatic heterocycles. The summed E-state index contributed by atoms with van der Waals surface area (Å²) >= 11 is 0. The lowest BCUT2D eigenvalue weighted by molar-refractivity contribution is 0.0919. The maximum Gasteiger partial charge on any atom is 0.251 e. The Hall–Kier alpha value is -1.51. The second-order valence-electron chi connectivity index (χ2n) is 6.21. The first kappa shape index (κ1) is 13.5. The fourth-order valence-electron chi connectivity index (χ4n) is 3.49. The van der Waals surface area contributed by atoms with Gasteiger partial charge in [0.1, 0.15) is 0 Å². The average molecular weight is 272 g/mol. The summed E-state index contributed by atoms with van der Waals surface area (Å²) in [4.78, 5) is 12.4. The molecule has 1 aromatic carbocycles. The zero-order valence-corrected chi connectivity index (χ0v) is 12.2. The molecule has 1 aliphatic carbocycles. The molecule has 108 valence electrons. The van der Waals surface area contributed by atoms with Crippen LogP contribution in [0.1, 0.15) is 54.9 Å². The van der Waals surface area contributed by atoms with Crippen LogP contribution in [-0.4, -0.2) is 18.5 Å². The van der Waals surface area contributed by atoms with Gasteiger partial charge in [-0.05, 0) is 55.9 Å². The maximum atomic E-state index is 12.4. The third-order valence-electron chi connectivity index (χ3n) is 4.79. The van der Waals surface area contributed by atoms with Crippen LogP contribution in [0, 0.1) is 5.92 Å². The quantitative estimate of drug-likeness (QED) is 0.886. The molecule has 0 saturated heterocycles. The van der Waals surface area contributed by atoms with Crippen molar-refractivity contribution in [1.82, 2.24) is 5.32 Å². The minimum absolute atomic E-state index is 0.0813. The van der Waals surface area contributed by atoms with Gasteiger partial charge in [-0.3, -0.25) is 4.79 Å². The van der Waals surface area contributed by atoms with Crippen LogP contribution < -0.4 is 10.6 Å². The first-order valence-electron chi connectivity index (χ1n) is 7.92. The van der Waals surface area contributed by atoms with Crippen LogP contribution >= 0.6 is 0 Å². The number of anilines is 1. The topological polar surface area (TPSA) is 41.1 Å². The van der Waals surface area contributed by atoms with Crippen LogP contribution in [0.15, 0.2) is 18.2 Å². The van der Waals surface area contributed by atoms with Crippen LogP contribution in [0.4, 0.5) is 5.69 Å². The highest BCUT2D eigenvalue weighted by Crippen LogP contribution is 2.27. The van der Waals surface area contributed by atoms with E-state index in [1.807, 2.05) is 18.2 Å². The number of amides is 1. The highest BCUT2D eigenvalue weighted by molar-refractivity contribution is 5.95. The zero-order valence-electron chi connectivity index (χ0n) is 12.2. The second kappa shape index (κ2) is 5.86. The third-order valence-corrected chi connectivity index (χ3v) is 4.79. The summed E-state index contributed by atoms with van der Waals surface area (Å²) in [6.07, 6.45) is 7.53. The number of hydrogen-bond acceptors (Lipinski definition) is 2. The van der Waals surface area contributed by atoms with Crippen LogP contribution in [0.25, 0.3) is 0 Å². The molecule has 1 aromatic rings. The van der Waals surface area contributed by atoms with Crippen LogP contribution in [0.3, 0.4) is 0 Å². The van der Waals surface area contributed by atoms with E-state index in [4.69, 9.17) is 0 Å². The summed E-state index contributed by atoms with van der Waals surface area (Å²) in [6, 6.07) is 6.29. The van der Waals surface area contributed by atoms with Crippen molar-refractivity contribution in [3.05, 3.63) is 29.3 Å². The van der Waals surface area contributed by atoms with Crippen LogP contribution in [0.5, 0.6) is 0 Å². The summed E-state index contributed by atoms with van der Waals surface area (Å²) in [6.45, 7) is 3.14. The van der Waals surface area contributed by atoms with E-state index in [0.717, 1.165) is 18.5 Å². The number of carbonyl (C=O) groups is 1. The molecule has 2 aliphatic rings. The molecule has 1 atom stereocenters. The maximum absolute atomic E-state index is 12.4. The molecule has 0 spiro atoms. The Kier molecular flexibility index (Phi) is 3.95. The van der Waals surface area contributed by atoms with Gasteiger partial charge in [0.2, 0.25) is 0 Å². The lowest BCUT2D eigenvalue weighted by Gasteiger charge is -2.28. The summed E-state index contributed by atoms with van der Waals surface area (Å²) in [7, 11) is 0. The molecule has 0 unspecified atom stereocenters. The number of fused-ring (bicyclic) bond motifs is 1. The molecule has 20 heavy (non-hydrogen) atoms. The van der Waals surface area contributed by atoms with Crippen LogP contribution in [-0.2, 0) is 6.42 Å². The highest BCUT2D eigenvalue weighted by atomic mass is 16.1. The number of rotatable bonds is 3. The third kappa shape index (κ3) is 2.82. The molecule has 0 radical (unpaired) electrons. The first-order chi connectivity index (χ1) is 9.74. The molecule has 3 nitrogen and oxygen atoms in total. The first-order valence-corrected chi connectivity index (χ1v) is 7.92. The minimum atomic E-state index is 0.0813.